The van der Waals surface area contributed by atoms with Crippen LogP contribution in [0.3, 0.4) is 0 Å². The first-order chi connectivity index (χ1) is 20.8. The number of fused-ring (bicyclic) bond motifs is 2. The number of nitrogens with one attached hydrogen (secondary N) is 1. The molecule has 5 aromatic rings. The van der Waals surface area contributed by atoms with Gasteiger partial charge < -0.3 is 23.6 Å². The Morgan fingerprint density at radius 2 is 1.91 bits per heavy atom. The second-order valence-electron chi connectivity index (χ2n) is 12.4. The lowest BCUT2D eigenvalue weighted by molar-refractivity contribution is -0.170. The summed E-state index contributed by atoms with van der Waals surface area (Å²) in [5, 5.41) is 10.7. The summed E-state index contributed by atoms with van der Waals surface area (Å²) in [6.45, 7) is 8.98. The van der Waals surface area contributed by atoms with Crippen molar-refractivity contribution < 1.29 is 23.5 Å². The molecule has 5 aromatic heterocycles. The maximum absolute atomic E-state index is 14.5. The highest BCUT2D eigenvalue weighted by atomic mass is 35.5. The maximum atomic E-state index is 14.5. The zero-order valence-electron chi connectivity index (χ0n) is 25.0. The molecule has 1 amide bonds. The van der Waals surface area contributed by atoms with E-state index >= 15 is 0 Å². The van der Waals surface area contributed by atoms with Crippen molar-refractivity contribution in [1.82, 2.24) is 39.1 Å². The highest BCUT2D eigenvalue weighted by Gasteiger charge is 2.36. The van der Waals surface area contributed by atoms with Crippen molar-refractivity contribution in [2.24, 2.45) is 0 Å². The molecular formula is C30H32ClFN8O4. The number of pyridine rings is 2. The van der Waals surface area contributed by atoms with Crippen LogP contribution in [0.15, 0.2) is 43.2 Å². The Bertz CT molecular complexity index is 1900. The number of aromatic nitrogens is 7. The average Bonchev–Trinajstić information content (AvgIpc) is 3.34. The predicted octanol–water partition coefficient (Wildman–Crippen LogP) is 4.72. The molecule has 14 heteroatoms. The molecule has 0 bridgehead atoms. The Labute approximate surface area is 257 Å². The van der Waals surface area contributed by atoms with Crippen LogP contribution in [0.1, 0.15) is 80.8 Å². The van der Waals surface area contributed by atoms with Crippen LogP contribution >= 0.6 is 11.6 Å². The number of hydrogen-bond donors (Lipinski definition) is 1. The van der Waals surface area contributed by atoms with Crippen LogP contribution in [-0.4, -0.2) is 56.8 Å². The van der Waals surface area contributed by atoms with Crippen molar-refractivity contribution in [1.29, 1.82) is 0 Å². The molecule has 0 unspecified atom stereocenters. The molecule has 0 aromatic carbocycles. The second-order valence-corrected chi connectivity index (χ2v) is 12.8. The van der Waals surface area contributed by atoms with E-state index in [0.717, 1.165) is 18.4 Å². The minimum Gasteiger partial charge on any atom is -0.472 e. The summed E-state index contributed by atoms with van der Waals surface area (Å²) < 4.78 is 31.2. The van der Waals surface area contributed by atoms with E-state index in [4.69, 9.17) is 26.1 Å². The zero-order valence-corrected chi connectivity index (χ0v) is 25.7. The molecule has 1 aliphatic carbocycles. The van der Waals surface area contributed by atoms with Crippen LogP contribution in [0, 0.1) is 5.82 Å². The molecule has 5 heterocycles. The van der Waals surface area contributed by atoms with Crippen LogP contribution < -0.4 is 10.1 Å². The van der Waals surface area contributed by atoms with E-state index in [2.05, 4.69) is 20.6 Å². The van der Waals surface area contributed by atoms with E-state index in [1.165, 1.54) is 27.7 Å². The number of carbonyl (C=O) groups excluding carboxylic acids is 2. The topological polar surface area (TPSA) is 130 Å². The van der Waals surface area contributed by atoms with Gasteiger partial charge >= 0.3 is 5.97 Å². The van der Waals surface area contributed by atoms with Gasteiger partial charge in [-0.05, 0) is 71.1 Å². The highest BCUT2D eigenvalue weighted by Crippen LogP contribution is 2.42. The van der Waals surface area contributed by atoms with Gasteiger partial charge in [-0.15, -0.1) is 5.10 Å². The zero-order chi connectivity index (χ0) is 31.4. The number of carbonyl (C=O) groups is 2. The SMILES string of the molecule is CC(C)(C)OC(=O)C(C)(C)Oc1cc(C2CC2)cn2cc(Cn3cc(C(=O)NCc4ncn5ccc(Cl)c(F)c45)nn3)nc12. The van der Waals surface area contributed by atoms with Gasteiger partial charge in [-0.1, -0.05) is 16.8 Å². The Morgan fingerprint density at radius 1 is 1.14 bits per heavy atom. The lowest BCUT2D eigenvalue weighted by Gasteiger charge is -2.29. The van der Waals surface area contributed by atoms with Crippen LogP contribution in [0.2, 0.25) is 5.02 Å². The van der Waals surface area contributed by atoms with Crippen molar-refractivity contribution in [3.05, 3.63) is 76.7 Å². The number of esters is 1. The van der Waals surface area contributed by atoms with Crippen LogP contribution in [0.4, 0.5) is 4.39 Å². The molecule has 0 aliphatic heterocycles. The molecule has 6 rings (SSSR count). The molecule has 1 saturated carbocycles. The van der Waals surface area contributed by atoms with Gasteiger partial charge in [0.2, 0.25) is 0 Å². The van der Waals surface area contributed by atoms with E-state index in [-0.39, 0.29) is 29.3 Å². The fourth-order valence-electron chi connectivity index (χ4n) is 4.76. The molecule has 1 aliphatic rings. The van der Waals surface area contributed by atoms with Gasteiger partial charge in [-0.3, -0.25) is 4.79 Å². The normalized spacial score (nSPS) is 13.9. The summed E-state index contributed by atoms with van der Waals surface area (Å²) in [5.41, 5.74) is 0.975. The molecule has 0 atom stereocenters. The smallest absolute Gasteiger partial charge is 0.350 e. The number of ether oxygens (including phenoxy) is 2. The van der Waals surface area contributed by atoms with Crippen LogP contribution in [0.25, 0.3) is 11.2 Å². The molecular weight excluding hydrogens is 591 g/mol. The van der Waals surface area contributed by atoms with E-state index < -0.39 is 28.9 Å². The van der Waals surface area contributed by atoms with Gasteiger partial charge in [-0.25, -0.2) is 23.8 Å². The number of hydrogen-bond acceptors (Lipinski definition) is 8. The average molecular weight is 623 g/mol. The lowest BCUT2D eigenvalue weighted by atomic mass is 10.1. The minimum atomic E-state index is -1.25. The third-order valence-corrected chi connectivity index (χ3v) is 7.36. The molecule has 1 N–H and O–H groups in total. The van der Waals surface area contributed by atoms with Crippen molar-refractivity contribution in [3.8, 4) is 5.75 Å². The number of nitrogens with zero attached hydrogens (tertiary/aromatic N) is 7. The van der Waals surface area contributed by atoms with E-state index in [1.807, 2.05) is 43.6 Å². The molecule has 12 nitrogen and oxygen atoms in total. The highest BCUT2D eigenvalue weighted by molar-refractivity contribution is 6.31. The van der Waals surface area contributed by atoms with Crippen LogP contribution in [-0.2, 0) is 22.6 Å². The van der Waals surface area contributed by atoms with Gasteiger partial charge in [0.05, 0.1) is 42.0 Å². The standard InChI is InChI=1S/C30H32ClFN8O4/c1-29(2,3)44-28(42)30(4,5)43-23-10-18(17-6-7-17)12-39-13-19(35-26(23)39)14-40-15-22(36-37-40)27(41)33-11-21-25-24(32)20(31)8-9-38(25)16-34-21/h8-10,12-13,15-17H,6-7,11,14H2,1-5H3,(H,33,41). The van der Waals surface area contributed by atoms with Crippen LogP contribution in [0.5, 0.6) is 5.75 Å². The predicted molar refractivity (Wildman–Crippen MR) is 158 cm³/mol. The summed E-state index contributed by atoms with van der Waals surface area (Å²) in [5.74, 6) is -0.679. The van der Waals surface area contributed by atoms with Gasteiger partial charge in [0.25, 0.3) is 5.91 Å². The van der Waals surface area contributed by atoms with Gasteiger partial charge in [0, 0.05) is 18.6 Å². The first kappa shape index (κ1) is 29.5. The summed E-state index contributed by atoms with van der Waals surface area (Å²) >= 11 is 5.91. The lowest BCUT2D eigenvalue weighted by Crippen LogP contribution is -2.43. The fraction of sp³-hybridized carbons (Fsp3) is 0.400. The monoisotopic (exact) mass is 622 g/mol. The van der Waals surface area contributed by atoms with Gasteiger partial charge in [0.15, 0.2) is 28.5 Å². The second kappa shape index (κ2) is 10.9. The van der Waals surface area contributed by atoms with Crippen molar-refractivity contribution in [2.45, 2.75) is 77.7 Å². The molecule has 230 valence electrons. The molecule has 0 spiro atoms. The summed E-state index contributed by atoms with van der Waals surface area (Å²) in [6, 6.07) is 3.37. The van der Waals surface area contributed by atoms with E-state index in [9.17, 15) is 14.0 Å². The quantitative estimate of drug-likeness (QED) is 0.234. The number of rotatable bonds is 9. The number of halogens is 2. The Morgan fingerprint density at radius 3 is 2.64 bits per heavy atom. The summed E-state index contributed by atoms with van der Waals surface area (Å²) in [7, 11) is 0. The van der Waals surface area contributed by atoms with Gasteiger partial charge in [-0.2, -0.15) is 0 Å². The molecule has 1 fully saturated rings. The van der Waals surface area contributed by atoms with Crippen molar-refractivity contribution in [3.63, 3.8) is 0 Å². The molecule has 0 saturated heterocycles. The fourth-order valence-corrected chi connectivity index (χ4v) is 4.91. The molecule has 44 heavy (non-hydrogen) atoms. The summed E-state index contributed by atoms with van der Waals surface area (Å²) in [4.78, 5) is 34.6. The third-order valence-electron chi connectivity index (χ3n) is 7.07. The number of imidazole rings is 2. The van der Waals surface area contributed by atoms with Crippen molar-refractivity contribution in [2.75, 3.05) is 0 Å². The first-order valence-corrected chi connectivity index (χ1v) is 14.6. The Kier molecular flexibility index (Phi) is 7.31. The van der Waals surface area contributed by atoms with E-state index in [0.29, 0.717) is 28.7 Å². The van der Waals surface area contributed by atoms with Gasteiger partial charge in [0.1, 0.15) is 11.1 Å². The Balaban J connectivity index is 1.18. The van der Waals surface area contributed by atoms with Crippen molar-refractivity contribution >= 4 is 34.6 Å². The maximum Gasteiger partial charge on any atom is 0.350 e. The molecule has 0 radical (unpaired) electrons. The minimum absolute atomic E-state index is 0.0301. The number of amides is 1. The largest absolute Gasteiger partial charge is 0.472 e. The van der Waals surface area contributed by atoms with E-state index in [1.54, 1.807) is 20.0 Å². The summed E-state index contributed by atoms with van der Waals surface area (Å²) in [6.07, 6.45) is 10.6. The first-order valence-electron chi connectivity index (χ1n) is 14.2. The third kappa shape index (κ3) is 6.09. The Hall–Kier alpha value is -4.52.